The van der Waals surface area contributed by atoms with Crippen LogP contribution in [0.15, 0.2) is 6.07 Å². The van der Waals surface area contributed by atoms with Gasteiger partial charge in [-0.25, -0.2) is 4.79 Å². The second-order valence-electron chi connectivity index (χ2n) is 3.65. The van der Waals surface area contributed by atoms with Gasteiger partial charge in [0.2, 0.25) is 5.91 Å². The van der Waals surface area contributed by atoms with E-state index in [1.165, 1.54) is 7.11 Å². The Hall–Kier alpha value is -1.31. The van der Waals surface area contributed by atoms with Gasteiger partial charge in [-0.3, -0.25) is 4.79 Å². The molecule has 0 aromatic heterocycles. The van der Waals surface area contributed by atoms with Crippen LogP contribution in [-0.4, -0.2) is 24.1 Å². The SMILES string of the molecule is COC(=O)c1cc2c(c(O)c1I)CCC(=O)N2. The predicted octanol–water partition coefficient (Wildman–Crippen LogP) is 1.67. The third kappa shape index (κ3) is 2.08. The number of phenols is 1. The van der Waals surface area contributed by atoms with Crippen molar-refractivity contribution in [2.24, 2.45) is 0 Å². The molecule has 90 valence electrons. The Labute approximate surface area is 111 Å². The maximum Gasteiger partial charge on any atom is 0.339 e. The molecule has 1 aromatic carbocycles. The van der Waals surface area contributed by atoms with Crippen molar-refractivity contribution in [2.75, 3.05) is 12.4 Å². The Morgan fingerprint density at radius 2 is 2.24 bits per heavy atom. The third-order valence-electron chi connectivity index (χ3n) is 2.63. The van der Waals surface area contributed by atoms with Gasteiger partial charge in [-0.15, -0.1) is 0 Å². The molecule has 0 fully saturated rings. The number of hydrogen-bond donors (Lipinski definition) is 2. The molecule has 5 nitrogen and oxygen atoms in total. The number of rotatable bonds is 1. The molecule has 0 radical (unpaired) electrons. The average Bonchev–Trinajstić information content (AvgIpc) is 2.32. The van der Waals surface area contributed by atoms with E-state index >= 15 is 0 Å². The number of benzene rings is 1. The summed E-state index contributed by atoms with van der Waals surface area (Å²) in [5.74, 6) is -0.607. The van der Waals surface area contributed by atoms with E-state index in [9.17, 15) is 14.7 Å². The number of carbonyl (C=O) groups excluding carboxylic acids is 2. The lowest BCUT2D eigenvalue weighted by Crippen LogP contribution is -2.20. The first-order valence-corrected chi connectivity index (χ1v) is 6.05. The number of aromatic hydroxyl groups is 1. The number of amides is 1. The number of phenolic OH excluding ortho intramolecular Hbond substituents is 1. The summed E-state index contributed by atoms with van der Waals surface area (Å²) >= 11 is 1.89. The summed E-state index contributed by atoms with van der Waals surface area (Å²) in [5.41, 5.74) is 1.41. The van der Waals surface area contributed by atoms with E-state index in [2.05, 4.69) is 10.1 Å². The largest absolute Gasteiger partial charge is 0.506 e. The van der Waals surface area contributed by atoms with Gasteiger partial charge in [0, 0.05) is 17.7 Å². The quantitative estimate of drug-likeness (QED) is 0.599. The summed E-state index contributed by atoms with van der Waals surface area (Å²) in [6, 6.07) is 1.54. The number of carbonyl (C=O) groups is 2. The van der Waals surface area contributed by atoms with Gasteiger partial charge < -0.3 is 15.2 Å². The fourth-order valence-electron chi connectivity index (χ4n) is 1.76. The first-order chi connectivity index (χ1) is 8.04. The molecule has 0 unspecified atom stereocenters. The molecule has 1 aliphatic rings. The van der Waals surface area contributed by atoms with Crippen LogP contribution in [0.5, 0.6) is 5.75 Å². The standard InChI is InChI=1S/C11H10INO4/c1-17-11(16)6-4-7-5(10(15)9(6)12)2-3-8(14)13-7/h4,15H,2-3H2,1H3,(H,13,14). The molecule has 17 heavy (non-hydrogen) atoms. The van der Waals surface area contributed by atoms with Crippen molar-refractivity contribution in [2.45, 2.75) is 12.8 Å². The summed E-state index contributed by atoms with van der Waals surface area (Å²) < 4.78 is 5.07. The number of halogens is 1. The van der Waals surface area contributed by atoms with Gasteiger partial charge in [0.25, 0.3) is 0 Å². The molecule has 0 aliphatic carbocycles. The van der Waals surface area contributed by atoms with Crippen LogP contribution >= 0.6 is 22.6 Å². The first-order valence-electron chi connectivity index (χ1n) is 4.97. The summed E-state index contributed by atoms with van der Waals surface area (Å²) in [5, 5.41) is 12.6. The number of ether oxygens (including phenoxy) is 1. The Morgan fingerprint density at radius 3 is 2.88 bits per heavy atom. The summed E-state index contributed by atoms with van der Waals surface area (Å²) in [6.07, 6.45) is 0.818. The molecule has 0 saturated heterocycles. The van der Waals surface area contributed by atoms with Gasteiger partial charge in [0.1, 0.15) is 5.75 Å². The highest BCUT2D eigenvalue weighted by atomic mass is 127. The molecule has 1 aliphatic heterocycles. The lowest BCUT2D eigenvalue weighted by atomic mass is 9.99. The maximum atomic E-state index is 11.5. The molecule has 1 aromatic rings. The van der Waals surface area contributed by atoms with E-state index in [0.717, 1.165) is 0 Å². The second kappa shape index (κ2) is 4.52. The zero-order chi connectivity index (χ0) is 12.6. The molecule has 1 amide bonds. The predicted molar refractivity (Wildman–Crippen MR) is 69.1 cm³/mol. The number of esters is 1. The summed E-state index contributed by atoms with van der Waals surface area (Å²) in [4.78, 5) is 22.8. The highest BCUT2D eigenvalue weighted by molar-refractivity contribution is 14.1. The van der Waals surface area contributed by atoms with Crippen LogP contribution in [-0.2, 0) is 16.0 Å². The fourth-order valence-corrected chi connectivity index (χ4v) is 2.46. The Balaban J connectivity index is 2.58. The van der Waals surface area contributed by atoms with E-state index in [0.29, 0.717) is 27.7 Å². The van der Waals surface area contributed by atoms with Crippen LogP contribution in [0.1, 0.15) is 22.3 Å². The topological polar surface area (TPSA) is 75.6 Å². The highest BCUT2D eigenvalue weighted by Crippen LogP contribution is 2.37. The van der Waals surface area contributed by atoms with E-state index in [4.69, 9.17) is 0 Å². The van der Waals surface area contributed by atoms with Crippen LogP contribution in [0.3, 0.4) is 0 Å². The van der Waals surface area contributed by atoms with E-state index in [1.807, 2.05) is 22.6 Å². The van der Waals surface area contributed by atoms with E-state index in [1.54, 1.807) is 6.07 Å². The molecule has 1 heterocycles. The van der Waals surface area contributed by atoms with Gasteiger partial charge >= 0.3 is 5.97 Å². The van der Waals surface area contributed by atoms with Crippen molar-refractivity contribution in [3.05, 3.63) is 20.8 Å². The Morgan fingerprint density at radius 1 is 1.53 bits per heavy atom. The zero-order valence-electron chi connectivity index (χ0n) is 9.04. The molecule has 0 spiro atoms. The van der Waals surface area contributed by atoms with Crippen molar-refractivity contribution in [1.29, 1.82) is 0 Å². The second-order valence-corrected chi connectivity index (χ2v) is 4.73. The maximum absolute atomic E-state index is 11.5. The third-order valence-corrected chi connectivity index (χ3v) is 3.72. The van der Waals surface area contributed by atoms with Crippen LogP contribution in [0.25, 0.3) is 0 Å². The molecule has 0 bridgehead atoms. The minimum absolute atomic E-state index is 0.0449. The zero-order valence-corrected chi connectivity index (χ0v) is 11.2. The number of hydrogen-bond acceptors (Lipinski definition) is 4. The summed E-state index contributed by atoms with van der Waals surface area (Å²) in [6.45, 7) is 0. The number of methoxy groups -OCH3 is 1. The fraction of sp³-hybridized carbons (Fsp3) is 0.273. The molecule has 0 saturated carbocycles. The van der Waals surface area contributed by atoms with Gasteiger partial charge in [-0.1, -0.05) is 0 Å². The van der Waals surface area contributed by atoms with Crippen molar-refractivity contribution >= 4 is 40.2 Å². The van der Waals surface area contributed by atoms with Crippen molar-refractivity contribution in [1.82, 2.24) is 0 Å². The lowest BCUT2D eigenvalue weighted by Gasteiger charge is -2.20. The van der Waals surface area contributed by atoms with Crippen LogP contribution in [0.2, 0.25) is 0 Å². The number of fused-ring (bicyclic) bond motifs is 1. The molecule has 2 rings (SSSR count). The van der Waals surface area contributed by atoms with E-state index < -0.39 is 5.97 Å². The van der Waals surface area contributed by atoms with Crippen LogP contribution in [0.4, 0.5) is 5.69 Å². The molecule has 6 heteroatoms. The van der Waals surface area contributed by atoms with Crippen LogP contribution < -0.4 is 5.32 Å². The van der Waals surface area contributed by atoms with E-state index in [-0.39, 0.29) is 17.2 Å². The lowest BCUT2D eigenvalue weighted by molar-refractivity contribution is -0.116. The van der Waals surface area contributed by atoms with Gasteiger partial charge in [0.05, 0.1) is 16.2 Å². The number of nitrogens with one attached hydrogen (secondary N) is 1. The van der Waals surface area contributed by atoms with Gasteiger partial charge in [-0.05, 0) is 35.1 Å². The number of anilines is 1. The highest BCUT2D eigenvalue weighted by Gasteiger charge is 2.24. The minimum Gasteiger partial charge on any atom is -0.506 e. The smallest absolute Gasteiger partial charge is 0.339 e. The normalized spacial score (nSPS) is 13.9. The Bertz CT molecular complexity index is 513. The molecular formula is C11H10INO4. The summed E-state index contributed by atoms with van der Waals surface area (Å²) in [7, 11) is 1.27. The first kappa shape index (κ1) is 12.2. The average molecular weight is 347 g/mol. The van der Waals surface area contributed by atoms with Crippen molar-refractivity contribution in [3.8, 4) is 5.75 Å². The van der Waals surface area contributed by atoms with Crippen LogP contribution in [0, 0.1) is 3.57 Å². The van der Waals surface area contributed by atoms with Crippen molar-refractivity contribution in [3.63, 3.8) is 0 Å². The van der Waals surface area contributed by atoms with Gasteiger partial charge in [0.15, 0.2) is 0 Å². The molecular weight excluding hydrogens is 337 g/mol. The molecule has 2 N–H and O–H groups in total. The molecule has 0 atom stereocenters. The van der Waals surface area contributed by atoms with Gasteiger partial charge in [-0.2, -0.15) is 0 Å². The Kier molecular flexibility index (Phi) is 3.23. The monoisotopic (exact) mass is 347 g/mol. The minimum atomic E-state index is -0.535. The van der Waals surface area contributed by atoms with Crippen molar-refractivity contribution < 1.29 is 19.4 Å².